The zero-order valence-electron chi connectivity index (χ0n) is 41.2. The van der Waals surface area contributed by atoms with Crippen molar-refractivity contribution in [2.75, 3.05) is 0 Å². The van der Waals surface area contributed by atoms with E-state index in [9.17, 15) is 9.90 Å². The van der Waals surface area contributed by atoms with Crippen molar-refractivity contribution in [3.63, 3.8) is 0 Å². The van der Waals surface area contributed by atoms with Gasteiger partial charge in [-0.2, -0.15) is 0 Å². The Labute approximate surface area is 395 Å². The molecular weight excluding hydrogens is 813 g/mol. The largest absolute Gasteiger partial charge is 0.478 e. The Bertz CT molecular complexity index is 2170. The van der Waals surface area contributed by atoms with Gasteiger partial charge in [0.05, 0.1) is 12.2 Å². The van der Waals surface area contributed by atoms with Crippen molar-refractivity contribution in [2.24, 2.45) is 21.7 Å². The van der Waals surface area contributed by atoms with E-state index < -0.39 is 20.4 Å². The highest BCUT2D eigenvalue weighted by Crippen LogP contribution is 2.51. The first kappa shape index (κ1) is 51.6. The Morgan fingerprint density at radius 2 is 1.17 bits per heavy atom. The lowest BCUT2D eigenvalue weighted by Gasteiger charge is -2.50. The van der Waals surface area contributed by atoms with Crippen LogP contribution in [-0.2, 0) is 9.22 Å². The molecule has 0 bridgehead atoms. The first-order chi connectivity index (χ1) is 30.9. The molecule has 348 valence electrons. The van der Waals surface area contributed by atoms with Crippen LogP contribution in [0.25, 0.3) is 0 Å². The number of allylic oxidation sites excluding steroid dienone is 9. The Morgan fingerprint density at radius 3 is 1.63 bits per heavy atom. The summed E-state index contributed by atoms with van der Waals surface area (Å²) < 4.78 is 7.11. The predicted molar refractivity (Wildman–Crippen MR) is 276 cm³/mol. The van der Waals surface area contributed by atoms with Crippen LogP contribution in [0.4, 0.5) is 0 Å². The first-order valence-corrected chi connectivity index (χ1v) is 27.6. The van der Waals surface area contributed by atoms with E-state index >= 15 is 0 Å². The fourth-order valence-corrected chi connectivity index (χ4v) is 11.1. The number of aliphatic hydroxyl groups excluding tert-OH is 1. The van der Waals surface area contributed by atoms with Gasteiger partial charge in [-0.25, -0.2) is 4.79 Å². The van der Waals surface area contributed by atoms with E-state index in [0.29, 0.717) is 6.42 Å². The highest BCUT2D eigenvalue weighted by molar-refractivity contribution is 6.74. The summed E-state index contributed by atoms with van der Waals surface area (Å²) in [5, 5.41) is 20.1. The zero-order valence-corrected chi connectivity index (χ0v) is 42.2. The summed E-state index contributed by atoms with van der Waals surface area (Å²) in [6, 6.07) is 20.3. The van der Waals surface area contributed by atoms with Gasteiger partial charge in [-0.05, 0) is 114 Å². The van der Waals surface area contributed by atoms with Crippen molar-refractivity contribution in [3.8, 4) is 23.7 Å². The maximum absolute atomic E-state index is 11.1. The van der Waals surface area contributed by atoms with Crippen LogP contribution in [-0.4, -0.2) is 36.7 Å². The second-order valence-electron chi connectivity index (χ2n) is 21.4. The number of benzene rings is 2. The second-order valence-corrected chi connectivity index (χ2v) is 26.2. The fraction of sp³-hybridized carbons (Fsp3) is 0.517. The summed E-state index contributed by atoms with van der Waals surface area (Å²) >= 11 is 0. The predicted octanol–water partition coefficient (Wildman–Crippen LogP) is 15.3. The lowest BCUT2D eigenvalue weighted by atomic mass is 9.63. The number of aliphatic carboxylic acids is 1. The molecule has 6 rings (SSSR count). The van der Waals surface area contributed by atoms with Crippen LogP contribution in [0.15, 0.2) is 133 Å². The third-order valence-electron chi connectivity index (χ3n) is 15.7. The van der Waals surface area contributed by atoms with Crippen molar-refractivity contribution in [2.45, 2.75) is 175 Å². The molecule has 0 saturated heterocycles. The smallest absolute Gasteiger partial charge is 0.328 e. The van der Waals surface area contributed by atoms with E-state index in [1.807, 2.05) is 54.6 Å². The average Bonchev–Trinajstić information content (AvgIpc) is 3.24. The SMILES string of the molecule is C/C=C1\CCCC[C@@]1(C)/C=C/C=C/C(O[Si](C)(C)C(C)(C)C)C1(CC#Cc2ccccc2)CCC1.C[C@@]1(/C=C/C=C/C(O)C2(CC#Cc3ccccc3)CCC2)CCCC/C1=C\C(=O)O. The number of aliphatic hydroxyl groups is 1. The van der Waals surface area contributed by atoms with Crippen LogP contribution in [0.2, 0.25) is 18.1 Å². The van der Waals surface area contributed by atoms with Gasteiger partial charge in [0, 0.05) is 51.7 Å². The molecule has 4 saturated carbocycles. The minimum atomic E-state index is -1.92. The second kappa shape index (κ2) is 23.4. The fourth-order valence-electron chi connectivity index (χ4n) is 9.77. The highest BCUT2D eigenvalue weighted by Gasteiger charge is 2.48. The van der Waals surface area contributed by atoms with Crippen molar-refractivity contribution < 1.29 is 19.4 Å². The molecule has 0 aliphatic heterocycles. The quantitative estimate of drug-likeness (QED) is 0.0691. The molecule has 2 aromatic carbocycles. The van der Waals surface area contributed by atoms with Crippen molar-refractivity contribution in [1.29, 1.82) is 0 Å². The summed E-state index contributed by atoms with van der Waals surface area (Å²) in [5.41, 5.74) is 4.64. The first-order valence-electron chi connectivity index (χ1n) is 24.7. The molecule has 65 heavy (non-hydrogen) atoms. The van der Waals surface area contributed by atoms with Gasteiger partial charge >= 0.3 is 5.97 Å². The minimum Gasteiger partial charge on any atom is -0.478 e. The van der Waals surface area contributed by atoms with Gasteiger partial charge in [-0.3, -0.25) is 0 Å². The summed E-state index contributed by atoms with van der Waals surface area (Å²) in [4.78, 5) is 11.1. The van der Waals surface area contributed by atoms with Crippen LogP contribution in [0.1, 0.15) is 155 Å². The Morgan fingerprint density at radius 1 is 0.692 bits per heavy atom. The third-order valence-corrected chi connectivity index (χ3v) is 20.1. The summed E-state index contributed by atoms with van der Waals surface area (Å²) in [7, 11) is -1.92. The van der Waals surface area contributed by atoms with Gasteiger partial charge in [-0.1, -0.05) is 186 Å². The molecule has 0 spiro atoms. The van der Waals surface area contributed by atoms with Crippen molar-refractivity contribution >= 4 is 14.3 Å². The number of carboxylic acids is 1. The molecule has 0 radical (unpaired) electrons. The van der Waals surface area contributed by atoms with Gasteiger partial charge in [0.15, 0.2) is 8.32 Å². The number of hydrogen-bond donors (Lipinski definition) is 2. The van der Waals surface area contributed by atoms with E-state index in [1.165, 1.54) is 51.0 Å². The number of rotatable bonds is 13. The van der Waals surface area contributed by atoms with Gasteiger partial charge in [0.2, 0.25) is 0 Å². The number of carboxylic acid groups (broad SMARTS) is 1. The van der Waals surface area contributed by atoms with Crippen molar-refractivity contribution in [3.05, 3.63) is 144 Å². The molecule has 4 aliphatic carbocycles. The Kier molecular flexibility index (Phi) is 18.5. The zero-order chi connectivity index (χ0) is 47.0. The standard InChI is InChI=1S/C33H48OSi.C27H32O3/c1-8-29-21-12-14-23-32(29,5)24-15-13-22-30(34-35(6,7)31(2,3)4)33(26-17-27-33)25-16-20-28-18-10-9-11-19-28;1-26(16-7-5-14-23(26)21-25(29)30)17-8-6-15-24(28)27(19-10-20-27)18-9-13-22-11-3-2-4-12-22/h8-11,13,15,18-19,22,24,30H,12,14,17,21,23,25-27H2,1-7H3;2-4,6,8,11-12,15,17,21,24,28H,5,7,10,14,16,18-20H2,1H3,(H,29,30)/b22-13+,24-15+,29-8+;15-6+,17-8+,23-21+/t30?,32-;24?,26-/m00/s1. The lowest BCUT2D eigenvalue weighted by Crippen LogP contribution is -2.50. The molecule has 4 fully saturated rings. The van der Waals surface area contributed by atoms with Crippen LogP contribution in [0, 0.1) is 45.3 Å². The van der Waals surface area contributed by atoms with Gasteiger partial charge < -0.3 is 14.6 Å². The van der Waals surface area contributed by atoms with Gasteiger partial charge in [0.25, 0.3) is 0 Å². The highest BCUT2D eigenvalue weighted by atomic mass is 28.4. The Balaban J connectivity index is 0.000000247. The van der Waals surface area contributed by atoms with E-state index in [-0.39, 0.29) is 32.8 Å². The molecule has 2 aromatic rings. The van der Waals surface area contributed by atoms with Crippen LogP contribution >= 0.6 is 0 Å². The Hall–Kier alpha value is -4.39. The topological polar surface area (TPSA) is 66.8 Å². The molecular formula is C60H80O4Si. The molecule has 0 heterocycles. The van der Waals surface area contributed by atoms with Crippen LogP contribution in [0.3, 0.4) is 0 Å². The van der Waals surface area contributed by atoms with Gasteiger partial charge in [-0.15, -0.1) is 0 Å². The van der Waals surface area contributed by atoms with Crippen LogP contribution < -0.4 is 0 Å². The molecule has 4 aliphatic rings. The molecule has 0 aromatic heterocycles. The van der Waals surface area contributed by atoms with E-state index in [1.54, 1.807) is 5.57 Å². The molecule has 2 unspecified atom stereocenters. The molecule has 2 N–H and O–H groups in total. The lowest BCUT2D eigenvalue weighted by molar-refractivity contribution is -0.131. The number of carbonyl (C=O) groups is 1. The van der Waals surface area contributed by atoms with Crippen molar-refractivity contribution in [1.82, 2.24) is 0 Å². The number of hydrogen-bond acceptors (Lipinski definition) is 3. The summed E-state index contributed by atoms with van der Waals surface area (Å²) in [6.07, 6.45) is 38.0. The summed E-state index contributed by atoms with van der Waals surface area (Å²) in [5.74, 6) is 12.5. The third kappa shape index (κ3) is 14.3. The van der Waals surface area contributed by atoms with E-state index in [0.717, 1.165) is 68.1 Å². The monoisotopic (exact) mass is 893 g/mol. The normalized spacial score (nSPS) is 25.2. The average molecular weight is 893 g/mol. The molecule has 4 nitrogen and oxygen atoms in total. The minimum absolute atomic E-state index is 0.118. The summed E-state index contributed by atoms with van der Waals surface area (Å²) in [6.45, 7) is 18.5. The maximum atomic E-state index is 11.1. The molecule has 4 atom stereocenters. The maximum Gasteiger partial charge on any atom is 0.328 e. The van der Waals surface area contributed by atoms with Gasteiger partial charge in [0.1, 0.15) is 0 Å². The molecule has 5 heteroatoms. The van der Waals surface area contributed by atoms with E-state index in [4.69, 9.17) is 9.53 Å². The van der Waals surface area contributed by atoms with E-state index in [2.05, 4.69) is 139 Å². The van der Waals surface area contributed by atoms with Crippen LogP contribution in [0.5, 0.6) is 0 Å². The molecule has 0 amide bonds.